The molecule has 2 heterocycles. The van der Waals surface area contributed by atoms with Crippen LogP contribution in [0.1, 0.15) is 53.6 Å². The molecule has 1 saturated heterocycles. The van der Waals surface area contributed by atoms with E-state index >= 15 is 0 Å². The quantitative estimate of drug-likeness (QED) is 0.625. The van der Waals surface area contributed by atoms with Gasteiger partial charge in [-0.1, -0.05) is 5.21 Å². The van der Waals surface area contributed by atoms with Crippen molar-refractivity contribution < 1.29 is 14.3 Å². The number of hydrogen-bond donors (Lipinski definition) is 3. The molecule has 1 amide bonds. The Balaban J connectivity index is 1.77. The van der Waals surface area contributed by atoms with Gasteiger partial charge in [0.1, 0.15) is 0 Å². The van der Waals surface area contributed by atoms with Gasteiger partial charge in [0.2, 0.25) is 0 Å². The highest BCUT2D eigenvalue weighted by Crippen LogP contribution is 2.25. The first-order valence-corrected chi connectivity index (χ1v) is 9.61. The number of aromatic nitrogens is 3. The maximum absolute atomic E-state index is 12.7. The molecule has 0 saturated carbocycles. The van der Waals surface area contributed by atoms with E-state index in [1.165, 1.54) is 0 Å². The molecule has 0 unspecified atom stereocenters. The average Bonchev–Trinajstić information content (AvgIpc) is 3.21. The lowest BCUT2D eigenvalue weighted by Crippen LogP contribution is -2.29. The van der Waals surface area contributed by atoms with E-state index in [4.69, 9.17) is 4.74 Å². The molecule has 0 spiro atoms. The molecule has 28 heavy (non-hydrogen) atoms. The normalized spacial score (nSPS) is 14.5. The second kappa shape index (κ2) is 9.32. The zero-order valence-electron chi connectivity index (χ0n) is 16.2. The number of esters is 1. The molecule has 1 aliphatic heterocycles. The minimum Gasteiger partial charge on any atom is -0.462 e. The fourth-order valence-corrected chi connectivity index (χ4v) is 3.15. The number of carbonyl (C=O) groups is 2. The molecular formula is C19H26N6O3. The van der Waals surface area contributed by atoms with Gasteiger partial charge < -0.3 is 20.7 Å². The summed E-state index contributed by atoms with van der Waals surface area (Å²) >= 11 is 0. The summed E-state index contributed by atoms with van der Waals surface area (Å²) < 4.78 is 6.80. The number of piperidine rings is 1. The molecule has 3 rings (SSSR count). The fraction of sp³-hybridized carbons (Fsp3) is 0.474. The number of benzene rings is 1. The molecule has 0 radical (unpaired) electrons. The number of hydrogen-bond acceptors (Lipinski definition) is 7. The number of rotatable bonds is 7. The van der Waals surface area contributed by atoms with Gasteiger partial charge in [-0.2, -0.15) is 0 Å². The number of anilines is 2. The van der Waals surface area contributed by atoms with Crippen LogP contribution < -0.4 is 16.0 Å². The van der Waals surface area contributed by atoms with Crippen LogP contribution in [0.25, 0.3) is 0 Å². The molecule has 9 heteroatoms. The van der Waals surface area contributed by atoms with Crippen LogP contribution in [-0.2, 0) is 4.74 Å². The van der Waals surface area contributed by atoms with Gasteiger partial charge in [0, 0.05) is 6.54 Å². The Morgan fingerprint density at radius 1 is 1.25 bits per heavy atom. The molecule has 1 aromatic carbocycles. The van der Waals surface area contributed by atoms with E-state index in [-0.39, 0.29) is 24.2 Å². The van der Waals surface area contributed by atoms with Crippen molar-refractivity contribution in [2.45, 2.75) is 32.7 Å². The molecule has 0 aliphatic carbocycles. The largest absolute Gasteiger partial charge is 0.462 e. The first-order valence-electron chi connectivity index (χ1n) is 9.61. The van der Waals surface area contributed by atoms with Crippen LogP contribution in [0, 0.1) is 0 Å². The van der Waals surface area contributed by atoms with E-state index < -0.39 is 5.97 Å². The highest BCUT2D eigenvalue weighted by atomic mass is 16.5. The standard InChI is InChI=1S/C19H26N6O3/c1-3-21-15-6-5-13(19(27)28-4-2)11-16(15)22-18(26)17-12-25(24-23-17)14-7-9-20-10-8-14/h5-6,11-12,14,20-21H,3-4,7-10H2,1-2H3,(H,22,26). The number of carbonyl (C=O) groups excluding carboxylic acids is 2. The first-order chi connectivity index (χ1) is 13.6. The van der Waals surface area contributed by atoms with Gasteiger partial charge in [-0.3, -0.25) is 4.79 Å². The maximum Gasteiger partial charge on any atom is 0.338 e. The SMILES string of the molecule is CCNc1ccc(C(=O)OCC)cc1NC(=O)c1cn(C2CCNCC2)nn1. The Labute approximate surface area is 163 Å². The van der Waals surface area contributed by atoms with Crippen LogP contribution in [0.2, 0.25) is 0 Å². The maximum atomic E-state index is 12.7. The van der Waals surface area contributed by atoms with Gasteiger partial charge in [0.25, 0.3) is 5.91 Å². The smallest absolute Gasteiger partial charge is 0.338 e. The van der Waals surface area contributed by atoms with Crippen molar-refractivity contribution in [3.8, 4) is 0 Å². The Hall–Kier alpha value is -2.94. The number of nitrogens with zero attached hydrogens (tertiary/aromatic N) is 3. The van der Waals surface area contributed by atoms with Crippen molar-refractivity contribution in [1.29, 1.82) is 0 Å². The summed E-state index contributed by atoms with van der Waals surface area (Å²) in [5, 5.41) is 17.4. The Morgan fingerprint density at radius 3 is 2.75 bits per heavy atom. The van der Waals surface area contributed by atoms with Gasteiger partial charge in [-0.05, 0) is 58.0 Å². The van der Waals surface area contributed by atoms with E-state index in [0.29, 0.717) is 17.8 Å². The molecule has 2 aromatic rings. The Morgan fingerprint density at radius 2 is 2.04 bits per heavy atom. The first kappa shape index (κ1) is 19.8. The molecule has 3 N–H and O–H groups in total. The summed E-state index contributed by atoms with van der Waals surface area (Å²) in [5.74, 6) is -0.807. The van der Waals surface area contributed by atoms with Crippen molar-refractivity contribution >= 4 is 23.3 Å². The third-order valence-electron chi connectivity index (χ3n) is 4.57. The van der Waals surface area contributed by atoms with Crippen molar-refractivity contribution in [2.75, 3.05) is 36.9 Å². The lowest BCUT2D eigenvalue weighted by atomic mass is 10.1. The minimum absolute atomic E-state index is 0.238. The molecule has 1 aliphatic rings. The fourth-order valence-electron chi connectivity index (χ4n) is 3.15. The van der Waals surface area contributed by atoms with Crippen LogP contribution in [0.15, 0.2) is 24.4 Å². The van der Waals surface area contributed by atoms with Crippen LogP contribution in [0.4, 0.5) is 11.4 Å². The predicted octanol–water partition coefficient (Wildman–Crippen LogP) is 2.06. The van der Waals surface area contributed by atoms with Gasteiger partial charge >= 0.3 is 5.97 Å². The number of nitrogens with one attached hydrogen (secondary N) is 3. The molecule has 0 atom stereocenters. The van der Waals surface area contributed by atoms with Crippen LogP contribution >= 0.6 is 0 Å². The third kappa shape index (κ3) is 4.66. The van der Waals surface area contributed by atoms with Crippen LogP contribution in [-0.4, -0.2) is 53.1 Å². The summed E-state index contributed by atoms with van der Waals surface area (Å²) in [6, 6.07) is 5.27. The highest BCUT2D eigenvalue weighted by molar-refractivity contribution is 6.05. The summed E-state index contributed by atoms with van der Waals surface area (Å²) in [6.45, 7) is 6.52. The van der Waals surface area contributed by atoms with Gasteiger partial charge in [0.05, 0.1) is 35.8 Å². The number of amides is 1. The summed E-state index contributed by atoms with van der Waals surface area (Å²) in [5.41, 5.74) is 1.82. The minimum atomic E-state index is -0.433. The van der Waals surface area contributed by atoms with Crippen molar-refractivity contribution in [1.82, 2.24) is 20.3 Å². The summed E-state index contributed by atoms with van der Waals surface area (Å²) in [4.78, 5) is 24.7. The second-order valence-electron chi connectivity index (χ2n) is 6.53. The molecule has 1 aromatic heterocycles. The summed E-state index contributed by atoms with van der Waals surface area (Å²) in [7, 11) is 0. The van der Waals surface area contributed by atoms with E-state index in [0.717, 1.165) is 31.6 Å². The van der Waals surface area contributed by atoms with E-state index in [1.807, 2.05) is 6.92 Å². The van der Waals surface area contributed by atoms with Crippen molar-refractivity contribution in [2.24, 2.45) is 0 Å². The van der Waals surface area contributed by atoms with Crippen molar-refractivity contribution in [3.05, 3.63) is 35.7 Å². The molecule has 1 fully saturated rings. The van der Waals surface area contributed by atoms with Gasteiger partial charge in [0.15, 0.2) is 5.69 Å². The number of ether oxygens (including phenoxy) is 1. The Kier molecular flexibility index (Phi) is 6.59. The second-order valence-corrected chi connectivity index (χ2v) is 6.53. The molecule has 150 valence electrons. The topological polar surface area (TPSA) is 110 Å². The molecule has 0 bridgehead atoms. The van der Waals surface area contributed by atoms with Crippen LogP contribution in [0.3, 0.4) is 0 Å². The highest BCUT2D eigenvalue weighted by Gasteiger charge is 2.20. The van der Waals surface area contributed by atoms with Crippen LogP contribution in [0.5, 0.6) is 0 Å². The van der Waals surface area contributed by atoms with E-state index in [1.54, 1.807) is 36.0 Å². The zero-order chi connectivity index (χ0) is 19.9. The Bertz CT molecular complexity index is 829. The monoisotopic (exact) mass is 386 g/mol. The van der Waals surface area contributed by atoms with E-state index in [9.17, 15) is 9.59 Å². The lowest BCUT2D eigenvalue weighted by molar-refractivity contribution is 0.0526. The zero-order valence-corrected chi connectivity index (χ0v) is 16.2. The molecular weight excluding hydrogens is 360 g/mol. The van der Waals surface area contributed by atoms with Crippen molar-refractivity contribution in [3.63, 3.8) is 0 Å². The lowest BCUT2D eigenvalue weighted by Gasteiger charge is -2.22. The van der Waals surface area contributed by atoms with Gasteiger partial charge in [-0.25, -0.2) is 9.48 Å². The summed E-state index contributed by atoms with van der Waals surface area (Å²) in [6.07, 6.45) is 3.58. The van der Waals surface area contributed by atoms with E-state index in [2.05, 4.69) is 26.3 Å². The third-order valence-corrected chi connectivity index (χ3v) is 4.57. The average molecular weight is 386 g/mol. The van der Waals surface area contributed by atoms with Gasteiger partial charge in [-0.15, -0.1) is 5.10 Å². The molecule has 9 nitrogen and oxygen atoms in total. The predicted molar refractivity (Wildman–Crippen MR) is 106 cm³/mol.